The van der Waals surface area contributed by atoms with Gasteiger partial charge in [0.05, 0.1) is 11.0 Å². The minimum atomic E-state index is -2.77. The van der Waals surface area contributed by atoms with Crippen molar-refractivity contribution in [3.63, 3.8) is 0 Å². The molecule has 0 radical (unpaired) electrons. The van der Waals surface area contributed by atoms with Crippen LogP contribution in [-0.2, 0) is 0 Å². The normalized spacial score (nSPS) is 12.9. The third-order valence-electron chi connectivity index (χ3n) is 1.82. The van der Waals surface area contributed by atoms with Gasteiger partial charge in [-0.15, -0.1) is 0 Å². The first-order valence-corrected chi connectivity index (χ1v) is 4.29. The monoisotopic (exact) mass is 236 g/mol. The van der Waals surface area contributed by atoms with Crippen molar-refractivity contribution in [2.75, 3.05) is 0 Å². The molecule has 1 rings (SSSR count). The second-order valence-electron chi connectivity index (χ2n) is 2.83. The van der Waals surface area contributed by atoms with Gasteiger partial charge in [0.25, 0.3) is 12.1 Å². The molecule has 0 aliphatic rings. The van der Waals surface area contributed by atoms with E-state index < -0.39 is 23.1 Å². The van der Waals surface area contributed by atoms with Crippen molar-refractivity contribution in [1.82, 2.24) is 0 Å². The van der Waals surface area contributed by atoms with E-state index in [1.807, 2.05) is 0 Å². The molecule has 4 nitrogen and oxygen atoms in total. The van der Waals surface area contributed by atoms with E-state index in [9.17, 15) is 18.9 Å². The van der Waals surface area contributed by atoms with Gasteiger partial charge in [-0.2, -0.15) is 0 Å². The lowest BCUT2D eigenvalue weighted by atomic mass is 10.1. The smallest absolute Gasteiger partial charge is 0.288 e. The number of nitro benzene ring substituents is 1. The van der Waals surface area contributed by atoms with E-state index in [1.54, 1.807) is 0 Å². The van der Waals surface area contributed by atoms with Crippen LogP contribution in [0.4, 0.5) is 14.5 Å². The van der Waals surface area contributed by atoms with Gasteiger partial charge in [-0.1, -0.05) is 17.7 Å². The summed E-state index contributed by atoms with van der Waals surface area (Å²) in [5, 5.41) is 10.4. The van der Waals surface area contributed by atoms with Crippen molar-refractivity contribution >= 4 is 17.3 Å². The van der Waals surface area contributed by atoms with E-state index in [0.717, 1.165) is 6.07 Å². The summed E-state index contributed by atoms with van der Waals surface area (Å²) in [6.07, 6.45) is -2.77. The molecule has 0 aliphatic heterocycles. The van der Waals surface area contributed by atoms with Gasteiger partial charge in [-0.25, -0.2) is 8.78 Å². The number of nitro groups is 1. The minimum Gasteiger partial charge on any atom is -0.319 e. The summed E-state index contributed by atoms with van der Waals surface area (Å²) < 4.78 is 24.4. The molecule has 0 bridgehead atoms. The van der Waals surface area contributed by atoms with Crippen molar-refractivity contribution in [1.29, 1.82) is 0 Å². The molecule has 0 spiro atoms. The summed E-state index contributed by atoms with van der Waals surface area (Å²) in [6, 6.07) is 1.84. The number of hydrogen-bond acceptors (Lipinski definition) is 3. The highest BCUT2D eigenvalue weighted by atomic mass is 35.5. The zero-order chi connectivity index (χ0) is 11.6. The Hall–Kier alpha value is -1.27. The molecule has 0 saturated heterocycles. The molecular weight excluding hydrogens is 230 g/mol. The number of nitrogens with two attached hydrogens (primary N) is 1. The maximum absolute atomic E-state index is 12.2. The van der Waals surface area contributed by atoms with Gasteiger partial charge in [-0.3, -0.25) is 10.1 Å². The van der Waals surface area contributed by atoms with Crippen molar-refractivity contribution in [3.05, 3.63) is 38.9 Å². The van der Waals surface area contributed by atoms with Gasteiger partial charge < -0.3 is 5.73 Å². The molecule has 0 aliphatic carbocycles. The molecular formula is C8H7ClF2N2O2. The standard InChI is InChI=1S/C8H7ClF2N2O2/c9-5-2-1-4(7(12)8(10)11)3-6(5)13(14)15/h1-3,7-8H,12H2. The lowest BCUT2D eigenvalue weighted by Gasteiger charge is -2.10. The quantitative estimate of drug-likeness (QED) is 0.648. The molecule has 1 unspecified atom stereocenters. The Kier molecular flexibility index (Phi) is 3.54. The Bertz CT molecular complexity index is 387. The SMILES string of the molecule is NC(c1ccc(Cl)c([N+](=O)[O-])c1)C(F)F. The third kappa shape index (κ3) is 2.60. The van der Waals surface area contributed by atoms with Gasteiger partial charge in [0.1, 0.15) is 5.02 Å². The zero-order valence-corrected chi connectivity index (χ0v) is 8.12. The van der Waals surface area contributed by atoms with Crippen LogP contribution in [0.1, 0.15) is 11.6 Å². The number of benzene rings is 1. The highest BCUT2D eigenvalue weighted by Crippen LogP contribution is 2.28. The van der Waals surface area contributed by atoms with Crippen LogP contribution in [0, 0.1) is 10.1 Å². The molecule has 2 N–H and O–H groups in total. The lowest BCUT2D eigenvalue weighted by Crippen LogP contribution is -2.18. The molecule has 1 aromatic rings. The first-order valence-electron chi connectivity index (χ1n) is 3.91. The summed E-state index contributed by atoms with van der Waals surface area (Å²) >= 11 is 5.51. The number of alkyl halides is 2. The highest BCUT2D eigenvalue weighted by molar-refractivity contribution is 6.32. The zero-order valence-electron chi connectivity index (χ0n) is 7.36. The molecule has 1 aromatic carbocycles. The topological polar surface area (TPSA) is 69.2 Å². The van der Waals surface area contributed by atoms with Crippen LogP contribution >= 0.6 is 11.6 Å². The number of halogens is 3. The Labute approximate surface area is 88.8 Å². The van der Waals surface area contributed by atoms with Crippen molar-refractivity contribution in [2.45, 2.75) is 12.5 Å². The van der Waals surface area contributed by atoms with Crippen molar-refractivity contribution in [3.8, 4) is 0 Å². The van der Waals surface area contributed by atoms with Crippen LogP contribution in [0.2, 0.25) is 5.02 Å². The molecule has 0 amide bonds. The van der Waals surface area contributed by atoms with Gasteiger partial charge in [0, 0.05) is 6.07 Å². The first kappa shape index (κ1) is 11.8. The van der Waals surface area contributed by atoms with E-state index in [2.05, 4.69) is 0 Å². The van der Waals surface area contributed by atoms with Gasteiger partial charge in [0.15, 0.2) is 0 Å². The predicted molar refractivity (Wildman–Crippen MR) is 51.0 cm³/mol. The number of rotatable bonds is 3. The Morgan fingerprint density at radius 1 is 1.47 bits per heavy atom. The molecule has 0 saturated carbocycles. The third-order valence-corrected chi connectivity index (χ3v) is 2.14. The molecule has 82 valence electrons. The fraction of sp³-hybridized carbons (Fsp3) is 0.250. The molecule has 0 fully saturated rings. The van der Waals surface area contributed by atoms with E-state index in [-0.39, 0.29) is 10.6 Å². The van der Waals surface area contributed by atoms with Gasteiger partial charge >= 0.3 is 0 Å². The molecule has 1 atom stereocenters. The maximum Gasteiger partial charge on any atom is 0.288 e. The Balaban J connectivity index is 3.13. The average molecular weight is 237 g/mol. The Morgan fingerprint density at radius 2 is 2.07 bits per heavy atom. The second-order valence-corrected chi connectivity index (χ2v) is 3.24. The maximum atomic E-state index is 12.2. The van der Waals surface area contributed by atoms with Crippen molar-refractivity contribution in [2.24, 2.45) is 5.73 Å². The first-order chi connectivity index (χ1) is 6.93. The van der Waals surface area contributed by atoms with Crippen LogP contribution in [0.3, 0.4) is 0 Å². The van der Waals surface area contributed by atoms with E-state index in [4.69, 9.17) is 17.3 Å². The average Bonchev–Trinajstić information content (AvgIpc) is 2.16. The largest absolute Gasteiger partial charge is 0.319 e. The van der Waals surface area contributed by atoms with Crippen LogP contribution in [0.25, 0.3) is 0 Å². The van der Waals surface area contributed by atoms with Crippen LogP contribution in [0.5, 0.6) is 0 Å². The minimum absolute atomic E-state index is 0.0129. The second kappa shape index (κ2) is 4.50. The van der Waals surface area contributed by atoms with Gasteiger partial charge in [0.2, 0.25) is 0 Å². The fourth-order valence-electron chi connectivity index (χ4n) is 1.02. The summed E-state index contributed by atoms with van der Waals surface area (Å²) in [5.41, 5.74) is 4.70. The van der Waals surface area contributed by atoms with Crippen LogP contribution < -0.4 is 5.73 Å². The van der Waals surface area contributed by atoms with E-state index in [1.165, 1.54) is 12.1 Å². The highest BCUT2D eigenvalue weighted by Gasteiger charge is 2.21. The lowest BCUT2D eigenvalue weighted by molar-refractivity contribution is -0.384. The number of hydrogen-bond donors (Lipinski definition) is 1. The molecule has 15 heavy (non-hydrogen) atoms. The predicted octanol–water partition coefficient (Wildman–Crippen LogP) is 2.51. The summed E-state index contributed by atoms with van der Waals surface area (Å²) in [4.78, 5) is 9.71. The van der Waals surface area contributed by atoms with Crippen molar-refractivity contribution < 1.29 is 13.7 Å². The molecule has 7 heteroatoms. The summed E-state index contributed by atoms with van der Waals surface area (Å²) in [6.45, 7) is 0. The van der Waals surface area contributed by atoms with E-state index >= 15 is 0 Å². The molecule has 0 aromatic heterocycles. The fourth-order valence-corrected chi connectivity index (χ4v) is 1.21. The summed E-state index contributed by atoms with van der Waals surface area (Å²) in [7, 11) is 0. The van der Waals surface area contributed by atoms with Gasteiger partial charge in [-0.05, 0) is 11.6 Å². The van der Waals surface area contributed by atoms with Crippen LogP contribution in [-0.4, -0.2) is 11.3 Å². The number of nitrogens with zero attached hydrogens (tertiary/aromatic N) is 1. The van der Waals surface area contributed by atoms with Crippen LogP contribution in [0.15, 0.2) is 18.2 Å². The summed E-state index contributed by atoms with van der Waals surface area (Å²) in [5.74, 6) is 0. The molecule has 0 heterocycles. The Morgan fingerprint density at radius 3 is 2.53 bits per heavy atom. The van der Waals surface area contributed by atoms with E-state index in [0.29, 0.717) is 0 Å².